The molecule has 1 aliphatic heterocycles. The quantitative estimate of drug-likeness (QED) is 0.797. The lowest BCUT2D eigenvalue weighted by Crippen LogP contribution is -2.50. The molecule has 0 spiro atoms. The predicted molar refractivity (Wildman–Crippen MR) is 81.5 cm³/mol. The molecule has 1 saturated heterocycles. The molecule has 1 amide bonds. The van der Waals surface area contributed by atoms with Gasteiger partial charge in [-0.3, -0.25) is 14.2 Å². The largest absolute Gasteiger partial charge is 0.353 e. The number of amides is 1. The maximum absolute atomic E-state index is 12.3. The zero-order valence-corrected chi connectivity index (χ0v) is 12.1. The van der Waals surface area contributed by atoms with E-state index in [1.54, 1.807) is 11.1 Å². The molecule has 114 valence electrons. The first-order chi connectivity index (χ1) is 10.7. The summed E-state index contributed by atoms with van der Waals surface area (Å²) in [5.41, 5.74) is -0.213. The molecular formula is C15H17N5O2. The summed E-state index contributed by atoms with van der Waals surface area (Å²) in [5.74, 6) is 0.869. The Labute approximate surface area is 127 Å². The molecule has 0 radical (unpaired) electrons. The molecule has 2 aromatic heterocycles. The molecule has 7 heteroatoms. The van der Waals surface area contributed by atoms with Gasteiger partial charge in [-0.05, 0) is 12.1 Å². The van der Waals surface area contributed by atoms with E-state index in [2.05, 4.69) is 14.9 Å². The summed E-state index contributed by atoms with van der Waals surface area (Å²) in [4.78, 5) is 36.0. The van der Waals surface area contributed by atoms with Gasteiger partial charge in [0, 0.05) is 44.6 Å². The summed E-state index contributed by atoms with van der Waals surface area (Å²) in [6.45, 7) is 2.78. The van der Waals surface area contributed by atoms with Crippen LogP contribution in [0.2, 0.25) is 0 Å². The number of carbonyl (C=O) groups is 1. The van der Waals surface area contributed by atoms with E-state index in [0.717, 1.165) is 18.9 Å². The zero-order valence-electron chi connectivity index (χ0n) is 12.1. The highest BCUT2D eigenvalue weighted by Gasteiger charge is 2.21. The van der Waals surface area contributed by atoms with Crippen LogP contribution < -0.4 is 10.5 Å². The summed E-state index contributed by atoms with van der Waals surface area (Å²) in [7, 11) is 0. The molecule has 7 nitrogen and oxygen atoms in total. The third-order valence-corrected chi connectivity index (χ3v) is 3.70. The molecule has 0 bridgehead atoms. The molecule has 3 heterocycles. The van der Waals surface area contributed by atoms with Gasteiger partial charge in [0.2, 0.25) is 5.91 Å². The van der Waals surface area contributed by atoms with Gasteiger partial charge in [0.05, 0.1) is 6.33 Å². The smallest absolute Gasteiger partial charge is 0.253 e. The molecule has 2 aromatic rings. The van der Waals surface area contributed by atoms with Crippen molar-refractivity contribution in [2.24, 2.45) is 0 Å². The Morgan fingerprint density at radius 3 is 2.59 bits per heavy atom. The van der Waals surface area contributed by atoms with Gasteiger partial charge < -0.3 is 9.80 Å². The number of anilines is 1. The molecule has 1 aliphatic rings. The monoisotopic (exact) mass is 299 g/mol. The van der Waals surface area contributed by atoms with Crippen LogP contribution in [0.25, 0.3) is 0 Å². The van der Waals surface area contributed by atoms with Crippen LogP contribution in [0.1, 0.15) is 0 Å². The van der Waals surface area contributed by atoms with Crippen molar-refractivity contribution in [2.45, 2.75) is 6.54 Å². The minimum atomic E-state index is -0.213. The minimum Gasteiger partial charge on any atom is -0.353 e. The maximum Gasteiger partial charge on any atom is 0.253 e. The summed E-state index contributed by atoms with van der Waals surface area (Å²) >= 11 is 0. The van der Waals surface area contributed by atoms with E-state index in [1.165, 1.54) is 23.2 Å². The summed E-state index contributed by atoms with van der Waals surface area (Å²) in [5, 5.41) is 0. The van der Waals surface area contributed by atoms with Crippen molar-refractivity contribution in [2.75, 3.05) is 31.1 Å². The fraction of sp³-hybridized carbons (Fsp3) is 0.333. The highest BCUT2D eigenvalue weighted by Crippen LogP contribution is 2.12. The van der Waals surface area contributed by atoms with Crippen LogP contribution >= 0.6 is 0 Å². The summed E-state index contributed by atoms with van der Waals surface area (Å²) < 4.78 is 1.33. The van der Waals surface area contributed by atoms with Crippen molar-refractivity contribution in [3.63, 3.8) is 0 Å². The Morgan fingerprint density at radius 1 is 1.09 bits per heavy atom. The van der Waals surface area contributed by atoms with Crippen molar-refractivity contribution in [1.29, 1.82) is 0 Å². The van der Waals surface area contributed by atoms with Gasteiger partial charge in [-0.1, -0.05) is 6.07 Å². The Hall–Kier alpha value is -2.70. The highest BCUT2D eigenvalue weighted by atomic mass is 16.2. The van der Waals surface area contributed by atoms with Crippen LogP contribution in [-0.2, 0) is 11.3 Å². The molecule has 0 unspecified atom stereocenters. The van der Waals surface area contributed by atoms with Crippen molar-refractivity contribution in [1.82, 2.24) is 19.4 Å². The van der Waals surface area contributed by atoms with Gasteiger partial charge >= 0.3 is 0 Å². The van der Waals surface area contributed by atoms with E-state index in [-0.39, 0.29) is 18.0 Å². The topological polar surface area (TPSA) is 71.3 Å². The van der Waals surface area contributed by atoms with Gasteiger partial charge in [-0.25, -0.2) is 9.97 Å². The van der Waals surface area contributed by atoms with E-state index in [0.29, 0.717) is 13.1 Å². The second-order valence-electron chi connectivity index (χ2n) is 5.10. The molecule has 22 heavy (non-hydrogen) atoms. The summed E-state index contributed by atoms with van der Waals surface area (Å²) in [6, 6.07) is 7.16. The molecule has 0 aromatic carbocycles. The van der Waals surface area contributed by atoms with Crippen molar-refractivity contribution in [3.8, 4) is 0 Å². The lowest BCUT2D eigenvalue weighted by Gasteiger charge is -2.35. The first kappa shape index (κ1) is 14.2. The lowest BCUT2D eigenvalue weighted by molar-refractivity contribution is -0.132. The van der Waals surface area contributed by atoms with Gasteiger partial charge in [0.15, 0.2) is 0 Å². The standard InChI is InChI=1S/C15H17N5O2/c21-14-4-6-16-12-20(14)11-15(22)19-9-7-18(8-10-19)13-3-1-2-5-17-13/h1-6,12H,7-11H2. The molecular weight excluding hydrogens is 282 g/mol. The van der Waals surface area contributed by atoms with Crippen molar-refractivity contribution >= 4 is 11.7 Å². The maximum atomic E-state index is 12.3. The van der Waals surface area contributed by atoms with Crippen LogP contribution in [-0.4, -0.2) is 51.5 Å². The third kappa shape index (κ3) is 3.13. The van der Waals surface area contributed by atoms with Crippen LogP contribution in [0.5, 0.6) is 0 Å². The van der Waals surface area contributed by atoms with Crippen LogP contribution in [0.3, 0.4) is 0 Å². The molecule has 1 fully saturated rings. The van der Waals surface area contributed by atoms with Gasteiger partial charge in [-0.2, -0.15) is 0 Å². The molecule has 0 atom stereocenters. The fourth-order valence-corrected chi connectivity index (χ4v) is 2.47. The lowest BCUT2D eigenvalue weighted by atomic mass is 10.3. The first-order valence-electron chi connectivity index (χ1n) is 7.18. The van der Waals surface area contributed by atoms with Gasteiger partial charge in [0.1, 0.15) is 12.4 Å². The number of nitrogens with zero attached hydrogens (tertiary/aromatic N) is 5. The second kappa shape index (κ2) is 6.38. The van der Waals surface area contributed by atoms with Gasteiger partial charge in [-0.15, -0.1) is 0 Å². The number of pyridine rings is 1. The minimum absolute atomic E-state index is 0.0380. The SMILES string of the molecule is O=C(Cn1cnccc1=O)N1CCN(c2ccccn2)CC1. The van der Waals surface area contributed by atoms with E-state index in [4.69, 9.17) is 0 Å². The normalized spacial score (nSPS) is 14.9. The second-order valence-corrected chi connectivity index (χ2v) is 5.10. The van der Waals surface area contributed by atoms with Crippen molar-refractivity contribution in [3.05, 3.63) is 53.3 Å². The Kier molecular flexibility index (Phi) is 4.13. The predicted octanol–water partition coefficient (Wildman–Crippen LogP) is -0.0129. The number of hydrogen-bond acceptors (Lipinski definition) is 5. The third-order valence-electron chi connectivity index (χ3n) is 3.70. The molecule has 0 aliphatic carbocycles. The average molecular weight is 299 g/mol. The van der Waals surface area contributed by atoms with E-state index in [1.807, 2.05) is 18.2 Å². The van der Waals surface area contributed by atoms with Crippen molar-refractivity contribution < 1.29 is 4.79 Å². The number of rotatable bonds is 3. The summed E-state index contributed by atoms with van der Waals surface area (Å²) in [6.07, 6.45) is 4.58. The molecule has 0 saturated carbocycles. The number of carbonyl (C=O) groups excluding carboxylic acids is 1. The van der Waals surface area contributed by atoms with Crippen LogP contribution in [0.4, 0.5) is 5.82 Å². The van der Waals surface area contributed by atoms with Crippen LogP contribution in [0.15, 0.2) is 47.8 Å². The Balaban J connectivity index is 1.58. The Bertz CT molecular complexity index is 692. The number of piperazine rings is 1. The fourth-order valence-electron chi connectivity index (χ4n) is 2.47. The molecule has 3 rings (SSSR count). The number of hydrogen-bond donors (Lipinski definition) is 0. The highest BCUT2D eigenvalue weighted by molar-refractivity contribution is 5.76. The van der Waals surface area contributed by atoms with Crippen LogP contribution in [0, 0.1) is 0 Å². The van der Waals surface area contributed by atoms with E-state index >= 15 is 0 Å². The zero-order chi connectivity index (χ0) is 15.4. The van der Waals surface area contributed by atoms with E-state index in [9.17, 15) is 9.59 Å². The average Bonchev–Trinajstić information content (AvgIpc) is 2.58. The van der Waals surface area contributed by atoms with Gasteiger partial charge in [0.25, 0.3) is 5.56 Å². The van der Waals surface area contributed by atoms with E-state index < -0.39 is 0 Å². The first-order valence-corrected chi connectivity index (χ1v) is 7.18. The number of aromatic nitrogens is 3. The Morgan fingerprint density at radius 2 is 1.91 bits per heavy atom. The molecule has 0 N–H and O–H groups in total.